The first-order valence-electron chi connectivity index (χ1n) is 5.10. The Labute approximate surface area is 75.4 Å². The normalized spacial score (nSPS) is 31.0. The number of hydrogen-bond donors (Lipinski definition) is 2. The largest absolute Gasteiger partial charge is 0.393 e. The van der Waals surface area contributed by atoms with Gasteiger partial charge in [-0.25, -0.2) is 0 Å². The van der Waals surface area contributed by atoms with Gasteiger partial charge in [0, 0.05) is 6.04 Å². The maximum atomic E-state index is 9.28. The van der Waals surface area contributed by atoms with Crippen molar-refractivity contribution < 1.29 is 5.11 Å². The van der Waals surface area contributed by atoms with Crippen LogP contribution in [0.2, 0.25) is 0 Å². The van der Waals surface area contributed by atoms with Crippen LogP contribution in [0, 0.1) is 5.92 Å². The van der Waals surface area contributed by atoms with Gasteiger partial charge >= 0.3 is 0 Å². The molecule has 0 heterocycles. The summed E-state index contributed by atoms with van der Waals surface area (Å²) >= 11 is 0. The third-order valence-electron chi connectivity index (χ3n) is 2.51. The van der Waals surface area contributed by atoms with Crippen LogP contribution < -0.4 is 5.32 Å². The molecule has 1 rings (SSSR count). The maximum absolute atomic E-state index is 9.28. The van der Waals surface area contributed by atoms with E-state index in [9.17, 15) is 5.11 Å². The van der Waals surface area contributed by atoms with E-state index in [1.165, 1.54) is 0 Å². The number of hydrogen-bond acceptors (Lipinski definition) is 2. The molecule has 0 bridgehead atoms. The first-order chi connectivity index (χ1) is 5.68. The molecule has 0 spiro atoms. The number of rotatable bonds is 3. The summed E-state index contributed by atoms with van der Waals surface area (Å²) in [5.74, 6) is 0.733. The van der Waals surface area contributed by atoms with Crippen molar-refractivity contribution in [2.75, 3.05) is 6.54 Å². The molecule has 0 atom stereocenters. The molecular weight excluding hydrogens is 150 g/mol. The van der Waals surface area contributed by atoms with Crippen LogP contribution in [-0.4, -0.2) is 23.8 Å². The molecule has 2 N–H and O–H groups in total. The van der Waals surface area contributed by atoms with Gasteiger partial charge in [0.1, 0.15) is 0 Å². The summed E-state index contributed by atoms with van der Waals surface area (Å²) in [7, 11) is 0. The second-order valence-corrected chi connectivity index (χ2v) is 4.31. The fraction of sp³-hybridized carbons (Fsp3) is 1.00. The molecule has 1 aliphatic rings. The summed E-state index contributed by atoms with van der Waals surface area (Å²) < 4.78 is 0. The highest BCUT2D eigenvalue weighted by Gasteiger charge is 2.18. The van der Waals surface area contributed by atoms with E-state index in [2.05, 4.69) is 19.2 Å². The Bertz CT molecular complexity index is 117. The zero-order chi connectivity index (χ0) is 8.97. The average Bonchev–Trinajstić information content (AvgIpc) is 2.03. The third kappa shape index (κ3) is 3.55. The highest BCUT2D eigenvalue weighted by atomic mass is 16.3. The summed E-state index contributed by atoms with van der Waals surface area (Å²) in [5.41, 5.74) is 0. The first kappa shape index (κ1) is 10.0. The highest BCUT2D eigenvalue weighted by Crippen LogP contribution is 2.18. The van der Waals surface area contributed by atoms with Gasteiger partial charge in [-0.15, -0.1) is 0 Å². The Balaban J connectivity index is 2.09. The molecule has 72 valence electrons. The van der Waals surface area contributed by atoms with Crippen LogP contribution in [0.4, 0.5) is 0 Å². The molecule has 0 radical (unpaired) electrons. The van der Waals surface area contributed by atoms with Crippen molar-refractivity contribution in [2.45, 2.75) is 51.7 Å². The standard InChI is InChI=1S/C10H21NO/c1-8(2)7-11-9-3-5-10(12)6-4-9/h8-12H,3-7H2,1-2H3/t9-,10+. The topological polar surface area (TPSA) is 32.3 Å². The molecule has 0 unspecified atom stereocenters. The van der Waals surface area contributed by atoms with Gasteiger partial charge in [-0.1, -0.05) is 13.8 Å². The van der Waals surface area contributed by atoms with Crippen molar-refractivity contribution in [3.05, 3.63) is 0 Å². The molecule has 1 saturated carbocycles. The monoisotopic (exact) mass is 171 g/mol. The van der Waals surface area contributed by atoms with E-state index in [1.54, 1.807) is 0 Å². The second kappa shape index (κ2) is 4.83. The lowest BCUT2D eigenvalue weighted by Crippen LogP contribution is -2.36. The van der Waals surface area contributed by atoms with Crippen molar-refractivity contribution in [1.82, 2.24) is 5.32 Å². The van der Waals surface area contributed by atoms with Gasteiger partial charge < -0.3 is 10.4 Å². The highest BCUT2D eigenvalue weighted by molar-refractivity contribution is 4.76. The zero-order valence-electron chi connectivity index (χ0n) is 8.21. The van der Waals surface area contributed by atoms with Crippen molar-refractivity contribution >= 4 is 0 Å². The van der Waals surface area contributed by atoms with Crippen LogP contribution in [0.15, 0.2) is 0 Å². The molecule has 0 aromatic carbocycles. The summed E-state index contributed by atoms with van der Waals surface area (Å²) in [6.45, 7) is 5.57. The first-order valence-corrected chi connectivity index (χ1v) is 5.10. The average molecular weight is 171 g/mol. The predicted molar refractivity (Wildman–Crippen MR) is 51.1 cm³/mol. The molecule has 0 aliphatic heterocycles. The van der Waals surface area contributed by atoms with Crippen LogP contribution in [0.25, 0.3) is 0 Å². The molecule has 0 saturated heterocycles. The van der Waals surface area contributed by atoms with Crippen LogP contribution >= 0.6 is 0 Å². The maximum Gasteiger partial charge on any atom is 0.0541 e. The second-order valence-electron chi connectivity index (χ2n) is 4.31. The molecule has 1 aliphatic carbocycles. The SMILES string of the molecule is CC(C)CN[C@H]1CC[C@@H](O)CC1. The number of aliphatic hydroxyl groups excluding tert-OH is 1. The lowest BCUT2D eigenvalue weighted by Gasteiger charge is -2.26. The van der Waals surface area contributed by atoms with Crippen LogP contribution in [0.1, 0.15) is 39.5 Å². The minimum absolute atomic E-state index is 0.0258. The molecule has 2 heteroatoms. The van der Waals surface area contributed by atoms with E-state index in [4.69, 9.17) is 0 Å². The van der Waals surface area contributed by atoms with Gasteiger partial charge in [0.25, 0.3) is 0 Å². The molecule has 0 amide bonds. The summed E-state index contributed by atoms with van der Waals surface area (Å²) in [6.07, 6.45) is 4.23. The van der Waals surface area contributed by atoms with E-state index in [1.807, 2.05) is 0 Å². The van der Waals surface area contributed by atoms with Crippen molar-refractivity contribution in [3.63, 3.8) is 0 Å². The van der Waals surface area contributed by atoms with Gasteiger partial charge in [-0.2, -0.15) is 0 Å². The van der Waals surface area contributed by atoms with E-state index < -0.39 is 0 Å². The van der Waals surface area contributed by atoms with Crippen molar-refractivity contribution in [2.24, 2.45) is 5.92 Å². The van der Waals surface area contributed by atoms with Crippen molar-refractivity contribution in [1.29, 1.82) is 0 Å². The Morgan fingerprint density at radius 3 is 2.33 bits per heavy atom. The zero-order valence-corrected chi connectivity index (χ0v) is 8.21. The lowest BCUT2D eigenvalue weighted by atomic mass is 9.93. The van der Waals surface area contributed by atoms with Gasteiger partial charge in [0.2, 0.25) is 0 Å². The molecule has 0 aromatic heterocycles. The van der Waals surface area contributed by atoms with Crippen LogP contribution in [-0.2, 0) is 0 Å². The minimum atomic E-state index is -0.0258. The number of aliphatic hydroxyl groups is 1. The van der Waals surface area contributed by atoms with Gasteiger partial charge in [-0.05, 0) is 38.1 Å². The van der Waals surface area contributed by atoms with Gasteiger partial charge in [0.05, 0.1) is 6.10 Å². The lowest BCUT2D eigenvalue weighted by molar-refractivity contribution is 0.116. The van der Waals surface area contributed by atoms with Gasteiger partial charge in [-0.3, -0.25) is 0 Å². The Kier molecular flexibility index (Phi) is 4.02. The summed E-state index contributed by atoms with van der Waals surface area (Å²) in [4.78, 5) is 0. The molecule has 12 heavy (non-hydrogen) atoms. The Morgan fingerprint density at radius 1 is 1.25 bits per heavy atom. The Morgan fingerprint density at radius 2 is 1.83 bits per heavy atom. The molecule has 0 aromatic rings. The Hall–Kier alpha value is -0.0800. The summed E-state index contributed by atoms with van der Waals surface area (Å²) in [6, 6.07) is 0.663. The smallest absolute Gasteiger partial charge is 0.0541 e. The van der Waals surface area contributed by atoms with E-state index in [0.717, 1.165) is 38.1 Å². The fourth-order valence-corrected chi connectivity index (χ4v) is 1.68. The molecule has 2 nitrogen and oxygen atoms in total. The minimum Gasteiger partial charge on any atom is -0.393 e. The summed E-state index contributed by atoms with van der Waals surface area (Å²) in [5, 5.41) is 12.8. The van der Waals surface area contributed by atoms with Crippen LogP contribution in [0.3, 0.4) is 0 Å². The van der Waals surface area contributed by atoms with Crippen LogP contribution in [0.5, 0.6) is 0 Å². The number of nitrogens with one attached hydrogen (secondary N) is 1. The van der Waals surface area contributed by atoms with Gasteiger partial charge in [0.15, 0.2) is 0 Å². The van der Waals surface area contributed by atoms with E-state index in [-0.39, 0.29) is 6.10 Å². The third-order valence-corrected chi connectivity index (χ3v) is 2.51. The quantitative estimate of drug-likeness (QED) is 0.675. The van der Waals surface area contributed by atoms with Crippen molar-refractivity contribution in [3.8, 4) is 0 Å². The predicted octanol–water partition coefficient (Wildman–Crippen LogP) is 1.54. The van der Waals surface area contributed by atoms with E-state index >= 15 is 0 Å². The van der Waals surface area contributed by atoms with E-state index in [0.29, 0.717) is 6.04 Å². The fourth-order valence-electron chi connectivity index (χ4n) is 1.68. The molecular formula is C10H21NO. The molecule has 1 fully saturated rings.